The largest absolute Gasteiger partial charge is 0.480 e. The molecule has 1 rings (SSSR count). The summed E-state index contributed by atoms with van der Waals surface area (Å²) in [4.78, 5) is 26.3. The van der Waals surface area contributed by atoms with Gasteiger partial charge >= 0.3 is 5.97 Å². The summed E-state index contributed by atoms with van der Waals surface area (Å²) in [6.45, 7) is 1.85. The van der Waals surface area contributed by atoms with Crippen LogP contribution in [0.1, 0.15) is 30.3 Å². The average Bonchev–Trinajstić information content (AvgIpc) is 2.29. The van der Waals surface area contributed by atoms with E-state index in [1.54, 1.807) is 0 Å². The summed E-state index contributed by atoms with van der Waals surface area (Å²) < 4.78 is 0. The molecule has 0 aliphatic carbocycles. The summed E-state index contributed by atoms with van der Waals surface area (Å²) in [7, 11) is 0. The highest BCUT2D eigenvalue weighted by atomic mass is 16.4. The normalized spacial score (nSPS) is 11.8. The molecule has 0 aromatic carbocycles. The standard InChI is InChI=1S/C11H15N3O3/c1-2-3-9(11(16)17)14-10(15)8-5-4-7(12)6-13-8/h4-6,9H,2-3,12H2,1H3,(H,14,15)(H,16,17)/t9-/m0/s1. The lowest BCUT2D eigenvalue weighted by Crippen LogP contribution is -2.40. The van der Waals surface area contributed by atoms with Crippen LogP contribution in [0, 0.1) is 0 Å². The van der Waals surface area contributed by atoms with Crippen LogP contribution in [0.4, 0.5) is 5.69 Å². The van der Waals surface area contributed by atoms with Gasteiger partial charge in [0.1, 0.15) is 11.7 Å². The first-order chi connectivity index (χ1) is 8.04. The van der Waals surface area contributed by atoms with E-state index in [0.717, 1.165) is 0 Å². The summed E-state index contributed by atoms with van der Waals surface area (Å²) in [6.07, 6.45) is 2.41. The molecule has 1 aromatic rings. The van der Waals surface area contributed by atoms with Gasteiger partial charge in [-0.05, 0) is 18.6 Å². The van der Waals surface area contributed by atoms with Crippen LogP contribution in [-0.2, 0) is 4.79 Å². The van der Waals surface area contributed by atoms with Crippen LogP contribution in [-0.4, -0.2) is 28.0 Å². The number of nitrogens with two attached hydrogens (primary N) is 1. The number of pyridine rings is 1. The molecule has 0 saturated heterocycles. The third kappa shape index (κ3) is 3.75. The summed E-state index contributed by atoms with van der Waals surface area (Å²) in [6, 6.07) is 2.11. The molecule has 0 aliphatic rings. The lowest BCUT2D eigenvalue weighted by atomic mass is 10.1. The van der Waals surface area contributed by atoms with Crippen LogP contribution >= 0.6 is 0 Å². The fourth-order valence-electron chi connectivity index (χ4n) is 1.32. The second-order valence-electron chi connectivity index (χ2n) is 3.63. The van der Waals surface area contributed by atoms with Crippen molar-refractivity contribution >= 4 is 17.6 Å². The van der Waals surface area contributed by atoms with Crippen molar-refractivity contribution in [3.8, 4) is 0 Å². The van der Waals surface area contributed by atoms with Crippen LogP contribution in [0.2, 0.25) is 0 Å². The van der Waals surface area contributed by atoms with E-state index in [1.807, 2.05) is 6.92 Å². The Morgan fingerprint density at radius 1 is 1.53 bits per heavy atom. The number of carboxylic acid groups (broad SMARTS) is 1. The third-order valence-corrected chi connectivity index (χ3v) is 2.20. The molecule has 0 aliphatic heterocycles. The van der Waals surface area contributed by atoms with E-state index in [1.165, 1.54) is 18.3 Å². The Morgan fingerprint density at radius 3 is 2.71 bits per heavy atom. The zero-order chi connectivity index (χ0) is 12.8. The quantitative estimate of drug-likeness (QED) is 0.697. The lowest BCUT2D eigenvalue weighted by molar-refractivity contribution is -0.139. The Balaban J connectivity index is 2.70. The number of aromatic nitrogens is 1. The van der Waals surface area contributed by atoms with Gasteiger partial charge in [-0.15, -0.1) is 0 Å². The topological polar surface area (TPSA) is 105 Å². The Kier molecular flexibility index (Phi) is 4.45. The first-order valence-corrected chi connectivity index (χ1v) is 5.29. The molecule has 1 heterocycles. The van der Waals surface area contributed by atoms with E-state index in [9.17, 15) is 9.59 Å². The molecule has 0 spiro atoms. The second-order valence-corrected chi connectivity index (χ2v) is 3.63. The lowest BCUT2D eigenvalue weighted by Gasteiger charge is -2.12. The Morgan fingerprint density at radius 2 is 2.24 bits per heavy atom. The minimum atomic E-state index is -1.05. The number of nitrogens with one attached hydrogen (secondary N) is 1. The van der Waals surface area contributed by atoms with E-state index in [0.29, 0.717) is 18.5 Å². The summed E-state index contributed by atoms with van der Waals surface area (Å²) in [5.41, 5.74) is 6.04. The third-order valence-electron chi connectivity index (χ3n) is 2.20. The summed E-state index contributed by atoms with van der Waals surface area (Å²) in [5, 5.41) is 11.3. The highest BCUT2D eigenvalue weighted by Gasteiger charge is 2.19. The number of hydrogen-bond acceptors (Lipinski definition) is 4. The minimum Gasteiger partial charge on any atom is -0.480 e. The van der Waals surface area contributed by atoms with Crippen LogP contribution in [0.25, 0.3) is 0 Å². The number of carbonyl (C=O) groups is 2. The summed E-state index contributed by atoms with van der Waals surface area (Å²) >= 11 is 0. The fourth-order valence-corrected chi connectivity index (χ4v) is 1.32. The Hall–Kier alpha value is -2.11. The molecule has 6 nitrogen and oxygen atoms in total. The number of nitrogen functional groups attached to an aromatic ring is 1. The van der Waals surface area contributed by atoms with Crippen molar-refractivity contribution in [2.45, 2.75) is 25.8 Å². The van der Waals surface area contributed by atoms with Crippen molar-refractivity contribution < 1.29 is 14.7 Å². The zero-order valence-corrected chi connectivity index (χ0v) is 9.51. The first kappa shape index (κ1) is 13.0. The van der Waals surface area contributed by atoms with Gasteiger partial charge < -0.3 is 16.2 Å². The molecule has 92 valence electrons. The molecular weight excluding hydrogens is 222 g/mol. The second kappa shape index (κ2) is 5.83. The molecule has 0 bridgehead atoms. The van der Waals surface area contributed by atoms with E-state index in [4.69, 9.17) is 10.8 Å². The molecule has 4 N–H and O–H groups in total. The molecule has 6 heteroatoms. The van der Waals surface area contributed by atoms with Crippen molar-refractivity contribution in [2.24, 2.45) is 0 Å². The SMILES string of the molecule is CCC[C@H](NC(=O)c1ccc(N)cn1)C(=O)O. The smallest absolute Gasteiger partial charge is 0.326 e. The number of amides is 1. The molecule has 1 atom stereocenters. The van der Waals surface area contributed by atoms with Gasteiger partial charge in [0.15, 0.2) is 0 Å². The maximum atomic E-state index is 11.7. The number of carbonyl (C=O) groups excluding carboxylic acids is 1. The van der Waals surface area contributed by atoms with Crippen molar-refractivity contribution in [1.29, 1.82) is 0 Å². The van der Waals surface area contributed by atoms with Crippen molar-refractivity contribution in [2.75, 3.05) is 5.73 Å². The van der Waals surface area contributed by atoms with Gasteiger partial charge in [0.2, 0.25) is 0 Å². The highest BCUT2D eigenvalue weighted by Crippen LogP contribution is 2.03. The molecule has 1 amide bonds. The molecular formula is C11H15N3O3. The van der Waals surface area contributed by atoms with Crippen molar-refractivity contribution in [1.82, 2.24) is 10.3 Å². The fraction of sp³-hybridized carbons (Fsp3) is 0.364. The average molecular weight is 237 g/mol. The number of anilines is 1. The van der Waals surface area contributed by atoms with E-state index < -0.39 is 17.9 Å². The molecule has 0 radical (unpaired) electrons. The van der Waals surface area contributed by atoms with Crippen LogP contribution in [0.15, 0.2) is 18.3 Å². The van der Waals surface area contributed by atoms with Gasteiger partial charge in [-0.1, -0.05) is 13.3 Å². The monoisotopic (exact) mass is 237 g/mol. The first-order valence-electron chi connectivity index (χ1n) is 5.29. The van der Waals surface area contributed by atoms with E-state index in [2.05, 4.69) is 10.3 Å². The van der Waals surface area contributed by atoms with Gasteiger partial charge in [-0.3, -0.25) is 4.79 Å². The molecule has 0 fully saturated rings. The van der Waals surface area contributed by atoms with E-state index in [-0.39, 0.29) is 5.69 Å². The molecule has 17 heavy (non-hydrogen) atoms. The summed E-state index contributed by atoms with van der Waals surface area (Å²) in [5.74, 6) is -1.55. The molecule has 0 unspecified atom stereocenters. The highest BCUT2D eigenvalue weighted by molar-refractivity contribution is 5.95. The Bertz CT molecular complexity index is 403. The van der Waals surface area contributed by atoms with Crippen LogP contribution in [0.5, 0.6) is 0 Å². The number of rotatable bonds is 5. The Labute approximate surface area is 98.8 Å². The minimum absolute atomic E-state index is 0.154. The predicted octanol–water partition coefficient (Wildman–Crippen LogP) is 0.647. The van der Waals surface area contributed by atoms with Crippen LogP contribution < -0.4 is 11.1 Å². The molecule has 1 aromatic heterocycles. The van der Waals surface area contributed by atoms with Gasteiger partial charge in [0, 0.05) is 0 Å². The number of carboxylic acids is 1. The van der Waals surface area contributed by atoms with Gasteiger partial charge in [0.05, 0.1) is 11.9 Å². The van der Waals surface area contributed by atoms with Gasteiger partial charge in [0.25, 0.3) is 5.91 Å². The maximum absolute atomic E-state index is 11.7. The number of aliphatic carboxylic acids is 1. The number of hydrogen-bond donors (Lipinski definition) is 3. The predicted molar refractivity (Wildman–Crippen MR) is 62.4 cm³/mol. The zero-order valence-electron chi connectivity index (χ0n) is 9.51. The van der Waals surface area contributed by atoms with Gasteiger partial charge in [-0.2, -0.15) is 0 Å². The van der Waals surface area contributed by atoms with Crippen LogP contribution in [0.3, 0.4) is 0 Å². The van der Waals surface area contributed by atoms with Crippen molar-refractivity contribution in [3.05, 3.63) is 24.0 Å². The molecule has 0 saturated carbocycles. The van der Waals surface area contributed by atoms with Gasteiger partial charge in [-0.25, -0.2) is 9.78 Å². The number of nitrogens with zero attached hydrogens (tertiary/aromatic N) is 1. The van der Waals surface area contributed by atoms with E-state index >= 15 is 0 Å². The van der Waals surface area contributed by atoms with Crippen molar-refractivity contribution in [3.63, 3.8) is 0 Å². The maximum Gasteiger partial charge on any atom is 0.326 e.